The molecule has 1 unspecified atom stereocenters. The fourth-order valence-electron chi connectivity index (χ4n) is 2.19. The number of rotatable bonds is 6. The van der Waals surface area contributed by atoms with E-state index in [1.165, 1.54) is 17.0 Å². The Morgan fingerprint density at radius 1 is 1.45 bits per heavy atom. The molecule has 2 rings (SSSR count). The van der Waals surface area contributed by atoms with Crippen molar-refractivity contribution in [3.05, 3.63) is 35.4 Å². The molecular formula is C14H18F2N2O2. The zero-order valence-corrected chi connectivity index (χ0v) is 11.4. The third-order valence-corrected chi connectivity index (χ3v) is 3.25. The van der Waals surface area contributed by atoms with E-state index in [4.69, 9.17) is 4.74 Å². The normalized spacial score (nSPS) is 16.4. The van der Waals surface area contributed by atoms with Crippen LogP contribution in [0.4, 0.5) is 13.6 Å². The van der Waals surface area contributed by atoms with Gasteiger partial charge in [0.05, 0.1) is 12.6 Å². The van der Waals surface area contributed by atoms with Gasteiger partial charge >= 0.3 is 6.09 Å². The van der Waals surface area contributed by atoms with Crippen LogP contribution in [0, 0.1) is 11.6 Å². The Bertz CT molecular complexity index is 482. The molecule has 1 heterocycles. The van der Waals surface area contributed by atoms with Crippen molar-refractivity contribution >= 4 is 6.09 Å². The van der Waals surface area contributed by atoms with Crippen molar-refractivity contribution in [2.45, 2.75) is 19.4 Å². The number of carbonyl (C=O) groups excluding carboxylic acids is 1. The minimum atomic E-state index is -0.880. The first-order chi connectivity index (χ1) is 9.63. The SMILES string of the molecule is CCCNC(CN1CCOC1=O)c1cccc(F)c1F. The summed E-state index contributed by atoms with van der Waals surface area (Å²) in [4.78, 5) is 13.0. The van der Waals surface area contributed by atoms with E-state index in [0.29, 0.717) is 19.7 Å². The lowest BCUT2D eigenvalue weighted by atomic mass is 10.1. The maximum absolute atomic E-state index is 13.9. The molecule has 0 aliphatic carbocycles. The summed E-state index contributed by atoms with van der Waals surface area (Å²) in [5.41, 5.74) is 0.234. The second kappa shape index (κ2) is 6.65. The number of hydrogen-bond donors (Lipinski definition) is 1. The average molecular weight is 284 g/mol. The third-order valence-electron chi connectivity index (χ3n) is 3.25. The maximum Gasteiger partial charge on any atom is 0.410 e. The lowest BCUT2D eigenvalue weighted by Crippen LogP contribution is -2.36. The number of halogens is 2. The van der Waals surface area contributed by atoms with Gasteiger partial charge in [-0.2, -0.15) is 0 Å². The van der Waals surface area contributed by atoms with Crippen molar-refractivity contribution < 1.29 is 18.3 Å². The van der Waals surface area contributed by atoms with Crippen LogP contribution in [0.1, 0.15) is 24.9 Å². The molecule has 1 saturated heterocycles. The maximum atomic E-state index is 13.9. The van der Waals surface area contributed by atoms with Crippen LogP contribution in [0.25, 0.3) is 0 Å². The largest absolute Gasteiger partial charge is 0.448 e. The van der Waals surface area contributed by atoms with Crippen LogP contribution in [0.3, 0.4) is 0 Å². The van der Waals surface area contributed by atoms with E-state index in [1.54, 1.807) is 0 Å². The van der Waals surface area contributed by atoms with Crippen molar-refractivity contribution in [2.75, 3.05) is 26.2 Å². The average Bonchev–Trinajstić information content (AvgIpc) is 2.83. The van der Waals surface area contributed by atoms with E-state index in [2.05, 4.69) is 5.32 Å². The smallest absolute Gasteiger partial charge is 0.410 e. The summed E-state index contributed by atoms with van der Waals surface area (Å²) < 4.78 is 32.1. The molecule has 1 aromatic rings. The summed E-state index contributed by atoms with van der Waals surface area (Å²) in [5, 5.41) is 3.15. The van der Waals surface area contributed by atoms with E-state index in [-0.39, 0.29) is 12.1 Å². The number of nitrogens with one attached hydrogen (secondary N) is 1. The predicted molar refractivity (Wildman–Crippen MR) is 70.3 cm³/mol. The van der Waals surface area contributed by atoms with E-state index in [1.807, 2.05) is 6.92 Å². The minimum Gasteiger partial charge on any atom is -0.448 e. The van der Waals surface area contributed by atoms with E-state index in [0.717, 1.165) is 12.5 Å². The lowest BCUT2D eigenvalue weighted by molar-refractivity contribution is 0.155. The Morgan fingerprint density at radius 2 is 2.25 bits per heavy atom. The van der Waals surface area contributed by atoms with Crippen LogP contribution < -0.4 is 5.32 Å². The number of benzene rings is 1. The van der Waals surface area contributed by atoms with Crippen molar-refractivity contribution in [1.82, 2.24) is 10.2 Å². The summed E-state index contributed by atoms with van der Waals surface area (Å²) in [5.74, 6) is -1.75. The number of hydrogen-bond acceptors (Lipinski definition) is 3. The quantitative estimate of drug-likeness (QED) is 0.872. The van der Waals surface area contributed by atoms with Crippen molar-refractivity contribution in [3.63, 3.8) is 0 Å². The Labute approximate surface area is 116 Å². The number of cyclic esters (lactones) is 1. The van der Waals surface area contributed by atoms with Gasteiger partial charge < -0.3 is 15.0 Å². The predicted octanol–water partition coefficient (Wildman–Crippen LogP) is 2.46. The third kappa shape index (κ3) is 3.25. The Kier molecular flexibility index (Phi) is 4.89. The van der Waals surface area contributed by atoms with Gasteiger partial charge in [0.25, 0.3) is 0 Å². The molecular weight excluding hydrogens is 266 g/mol. The first-order valence-electron chi connectivity index (χ1n) is 6.72. The molecule has 20 heavy (non-hydrogen) atoms. The van der Waals surface area contributed by atoms with Crippen molar-refractivity contribution in [2.24, 2.45) is 0 Å². The van der Waals surface area contributed by atoms with Gasteiger partial charge in [0, 0.05) is 12.1 Å². The highest BCUT2D eigenvalue weighted by Crippen LogP contribution is 2.21. The summed E-state index contributed by atoms with van der Waals surface area (Å²) in [6, 6.07) is 3.64. The Hall–Kier alpha value is -1.69. The van der Waals surface area contributed by atoms with Crippen LogP contribution in [-0.4, -0.2) is 37.2 Å². The fraction of sp³-hybridized carbons (Fsp3) is 0.500. The first-order valence-corrected chi connectivity index (χ1v) is 6.72. The molecule has 1 aromatic carbocycles. The molecule has 4 nitrogen and oxygen atoms in total. The zero-order valence-electron chi connectivity index (χ0n) is 11.4. The van der Waals surface area contributed by atoms with Gasteiger partial charge in [-0.25, -0.2) is 13.6 Å². The van der Waals surface area contributed by atoms with Gasteiger partial charge in [0.2, 0.25) is 0 Å². The van der Waals surface area contributed by atoms with Gasteiger partial charge in [-0.1, -0.05) is 19.1 Å². The fourth-order valence-corrected chi connectivity index (χ4v) is 2.19. The van der Waals surface area contributed by atoms with Crippen LogP contribution in [0.5, 0.6) is 0 Å². The number of nitrogens with zero attached hydrogens (tertiary/aromatic N) is 1. The molecule has 0 spiro atoms. The highest BCUT2D eigenvalue weighted by Gasteiger charge is 2.27. The second-order valence-corrected chi connectivity index (χ2v) is 4.71. The lowest BCUT2D eigenvalue weighted by Gasteiger charge is -2.24. The molecule has 1 aliphatic heterocycles. The van der Waals surface area contributed by atoms with Crippen molar-refractivity contribution in [1.29, 1.82) is 0 Å². The summed E-state index contributed by atoms with van der Waals surface area (Å²) in [6.07, 6.45) is 0.447. The summed E-state index contributed by atoms with van der Waals surface area (Å²) >= 11 is 0. The molecule has 6 heteroatoms. The molecule has 1 aliphatic rings. The molecule has 0 bridgehead atoms. The number of ether oxygens (including phenoxy) is 1. The minimum absolute atomic E-state index is 0.234. The van der Waals surface area contributed by atoms with Gasteiger partial charge in [-0.15, -0.1) is 0 Å². The molecule has 110 valence electrons. The highest BCUT2D eigenvalue weighted by molar-refractivity contribution is 5.69. The van der Waals surface area contributed by atoms with E-state index < -0.39 is 23.8 Å². The number of carbonyl (C=O) groups is 1. The molecule has 1 atom stereocenters. The molecule has 0 aromatic heterocycles. The van der Waals surface area contributed by atoms with Gasteiger partial charge in [-0.3, -0.25) is 0 Å². The first kappa shape index (κ1) is 14.7. The molecule has 1 N–H and O–H groups in total. The van der Waals surface area contributed by atoms with E-state index >= 15 is 0 Å². The van der Waals surface area contributed by atoms with Crippen LogP contribution in [0.2, 0.25) is 0 Å². The summed E-state index contributed by atoms with van der Waals surface area (Å²) in [6.45, 7) is 3.71. The number of amides is 1. The van der Waals surface area contributed by atoms with Gasteiger partial charge in [-0.05, 0) is 19.0 Å². The monoisotopic (exact) mass is 284 g/mol. The van der Waals surface area contributed by atoms with Gasteiger partial charge in [0.1, 0.15) is 6.61 Å². The van der Waals surface area contributed by atoms with Crippen LogP contribution >= 0.6 is 0 Å². The van der Waals surface area contributed by atoms with Crippen LogP contribution in [0.15, 0.2) is 18.2 Å². The molecule has 0 radical (unpaired) electrons. The molecule has 1 amide bonds. The zero-order chi connectivity index (χ0) is 14.5. The Morgan fingerprint density at radius 3 is 2.90 bits per heavy atom. The molecule has 0 saturated carbocycles. The standard InChI is InChI=1S/C14H18F2N2O2/c1-2-6-17-12(9-18-7-8-20-14(18)19)10-4-3-5-11(15)13(10)16/h3-5,12,17H,2,6-9H2,1H3. The second-order valence-electron chi connectivity index (χ2n) is 4.71. The highest BCUT2D eigenvalue weighted by atomic mass is 19.2. The van der Waals surface area contributed by atoms with E-state index in [9.17, 15) is 13.6 Å². The van der Waals surface area contributed by atoms with Crippen molar-refractivity contribution in [3.8, 4) is 0 Å². The summed E-state index contributed by atoms with van der Waals surface area (Å²) in [7, 11) is 0. The Balaban J connectivity index is 2.17. The topological polar surface area (TPSA) is 41.6 Å². The van der Waals surface area contributed by atoms with Crippen LogP contribution in [-0.2, 0) is 4.74 Å². The molecule has 1 fully saturated rings. The van der Waals surface area contributed by atoms with Gasteiger partial charge in [0.15, 0.2) is 11.6 Å².